The third kappa shape index (κ3) is 5.23. The summed E-state index contributed by atoms with van der Waals surface area (Å²) in [4.78, 5) is 15.0. The van der Waals surface area contributed by atoms with Crippen molar-refractivity contribution < 1.29 is 14.3 Å². The molecule has 1 aliphatic heterocycles. The molecular formula is C20H28N4O3. The van der Waals surface area contributed by atoms with Crippen LogP contribution in [-0.4, -0.2) is 54.4 Å². The van der Waals surface area contributed by atoms with E-state index in [4.69, 9.17) is 9.47 Å². The minimum Gasteiger partial charge on any atom is -0.497 e. The van der Waals surface area contributed by atoms with Gasteiger partial charge in [-0.3, -0.25) is 14.4 Å². The standard InChI is InChI=1S/C20H28N4O3/c1-23-12-16(11-22-23)14-24-6-4-5-15(13-24)10-21-20(25)17-7-18(26-2)9-19(8-17)27-3/h7-9,11-12,15H,4-6,10,13-14H2,1-3H3,(H,21,25)/t15-/m0/s1. The molecule has 0 unspecified atom stereocenters. The lowest BCUT2D eigenvalue weighted by atomic mass is 9.97. The van der Waals surface area contributed by atoms with Gasteiger partial charge in [-0.15, -0.1) is 0 Å². The number of hydrogen-bond acceptors (Lipinski definition) is 5. The van der Waals surface area contributed by atoms with Crippen LogP contribution in [0.5, 0.6) is 11.5 Å². The van der Waals surface area contributed by atoms with Crippen molar-refractivity contribution in [3.63, 3.8) is 0 Å². The van der Waals surface area contributed by atoms with E-state index in [1.165, 1.54) is 5.56 Å². The number of aromatic nitrogens is 2. The van der Waals surface area contributed by atoms with E-state index >= 15 is 0 Å². The fourth-order valence-corrected chi connectivity index (χ4v) is 3.55. The third-order valence-electron chi connectivity index (χ3n) is 4.93. The normalized spacial score (nSPS) is 17.5. The van der Waals surface area contributed by atoms with Gasteiger partial charge in [0, 0.05) is 50.1 Å². The molecule has 0 aliphatic carbocycles. The highest BCUT2D eigenvalue weighted by molar-refractivity contribution is 5.95. The molecule has 1 aliphatic rings. The lowest BCUT2D eigenvalue weighted by molar-refractivity contribution is 0.0930. The number of methoxy groups -OCH3 is 2. The summed E-state index contributed by atoms with van der Waals surface area (Å²) >= 11 is 0. The van der Waals surface area contributed by atoms with Gasteiger partial charge >= 0.3 is 0 Å². The first kappa shape index (κ1) is 19.2. The quantitative estimate of drug-likeness (QED) is 0.806. The zero-order valence-electron chi connectivity index (χ0n) is 16.3. The summed E-state index contributed by atoms with van der Waals surface area (Å²) in [6, 6.07) is 5.22. The molecule has 0 bridgehead atoms. The molecule has 0 spiro atoms. The second-order valence-electron chi connectivity index (χ2n) is 7.08. The van der Waals surface area contributed by atoms with E-state index in [0.717, 1.165) is 32.5 Å². The second kappa shape index (κ2) is 8.90. The van der Waals surface area contributed by atoms with Crippen LogP contribution in [0.1, 0.15) is 28.8 Å². The Morgan fingerprint density at radius 3 is 2.63 bits per heavy atom. The van der Waals surface area contributed by atoms with E-state index in [1.807, 2.05) is 17.9 Å². The van der Waals surface area contributed by atoms with Crippen LogP contribution in [0.3, 0.4) is 0 Å². The molecule has 7 nitrogen and oxygen atoms in total. The van der Waals surface area contributed by atoms with Crippen LogP contribution in [0.15, 0.2) is 30.6 Å². The second-order valence-corrected chi connectivity index (χ2v) is 7.08. The van der Waals surface area contributed by atoms with Crippen molar-refractivity contribution in [2.75, 3.05) is 33.9 Å². The van der Waals surface area contributed by atoms with Gasteiger partial charge in [0.05, 0.1) is 20.4 Å². The number of ether oxygens (including phenoxy) is 2. The van der Waals surface area contributed by atoms with Gasteiger partial charge in [0.1, 0.15) is 11.5 Å². The molecule has 3 rings (SSSR count). The fourth-order valence-electron chi connectivity index (χ4n) is 3.55. The number of rotatable bonds is 7. The van der Waals surface area contributed by atoms with Gasteiger partial charge in [-0.25, -0.2) is 0 Å². The molecule has 0 saturated carbocycles. The zero-order valence-corrected chi connectivity index (χ0v) is 16.3. The van der Waals surface area contributed by atoms with Crippen molar-refractivity contribution in [1.82, 2.24) is 20.0 Å². The topological polar surface area (TPSA) is 68.6 Å². The van der Waals surface area contributed by atoms with Crippen LogP contribution in [0.2, 0.25) is 0 Å². The maximum Gasteiger partial charge on any atom is 0.251 e. The van der Waals surface area contributed by atoms with Gasteiger partial charge in [-0.2, -0.15) is 5.10 Å². The molecule has 2 aromatic rings. The van der Waals surface area contributed by atoms with Crippen LogP contribution < -0.4 is 14.8 Å². The fraction of sp³-hybridized carbons (Fsp3) is 0.500. The number of nitrogens with one attached hydrogen (secondary N) is 1. The molecule has 1 atom stereocenters. The number of carbonyl (C=O) groups excluding carboxylic acids is 1. The first-order valence-corrected chi connectivity index (χ1v) is 9.28. The molecule has 1 saturated heterocycles. The summed E-state index contributed by atoms with van der Waals surface area (Å²) in [6.07, 6.45) is 6.25. The van der Waals surface area contributed by atoms with Crippen LogP contribution in [0.25, 0.3) is 0 Å². The maximum absolute atomic E-state index is 12.6. The number of likely N-dealkylation sites (tertiary alicyclic amines) is 1. The van der Waals surface area contributed by atoms with E-state index in [9.17, 15) is 4.79 Å². The molecule has 0 radical (unpaired) electrons. The Kier molecular flexibility index (Phi) is 6.34. The van der Waals surface area contributed by atoms with E-state index in [0.29, 0.717) is 29.5 Å². The highest BCUT2D eigenvalue weighted by Gasteiger charge is 2.21. The number of hydrogen-bond donors (Lipinski definition) is 1. The smallest absolute Gasteiger partial charge is 0.251 e. The number of piperidine rings is 1. The molecule has 1 aromatic heterocycles. The number of amides is 1. The van der Waals surface area contributed by atoms with Gasteiger partial charge in [0.25, 0.3) is 5.91 Å². The van der Waals surface area contributed by atoms with Crippen molar-refractivity contribution in [2.24, 2.45) is 13.0 Å². The van der Waals surface area contributed by atoms with Gasteiger partial charge < -0.3 is 14.8 Å². The largest absolute Gasteiger partial charge is 0.497 e. The van der Waals surface area contributed by atoms with Crippen molar-refractivity contribution in [1.29, 1.82) is 0 Å². The van der Waals surface area contributed by atoms with E-state index < -0.39 is 0 Å². The van der Waals surface area contributed by atoms with E-state index in [1.54, 1.807) is 32.4 Å². The number of nitrogens with zero attached hydrogens (tertiary/aromatic N) is 3. The predicted octanol–water partition coefficient (Wildman–Crippen LogP) is 2.08. The first-order chi connectivity index (χ1) is 13.1. The van der Waals surface area contributed by atoms with Gasteiger partial charge in [-0.1, -0.05) is 0 Å². The van der Waals surface area contributed by atoms with Gasteiger partial charge in [0.2, 0.25) is 0 Å². The summed E-state index contributed by atoms with van der Waals surface area (Å²) in [5, 5.41) is 7.30. The third-order valence-corrected chi connectivity index (χ3v) is 4.93. The van der Waals surface area contributed by atoms with E-state index in [2.05, 4.69) is 21.5 Å². The Hall–Kier alpha value is -2.54. The van der Waals surface area contributed by atoms with Crippen molar-refractivity contribution in [3.05, 3.63) is 41.7 Å². The molecule has 1 fully saturated rings. The number of carbonyl (C=O) groups is 1. The molecule has 1 aromatic carbocycles. The van der Waals surface area contributed by atoms with Crippen molar-refractivity contribution >= 4 is 5.91 Å². The van der Waals surface area contributed by atoms with Gasteiger partial charge in [-0.05, 0) is 37.4 Å². The Morgan fingerprint density at radius 2 is 2.00 bits per heavy atom. The molecule has 7 heteroatoms. The lowest BCUT2D eigenvalue weighted by Gasteiger charge is -2.32. The number of benzene rings is 1. The summed E-state index contributed by atoms with van der Waals surface area (Å²) in [5.41, 5.74) is 1.78. The molecule has 1 N–H and O–H groups in total. The highest BCUT2D eigenvalue weighted by Crippen LogP contribution is 2.23. The van der Waals surface area contributed by atoms with Gasteiger partial charge in [0.15, 0.2) is 0 Å². The van der Waals surface area contributed by atoms with Crippen molar-refractivity contribution in [2.45, 2.75) is 19.4 Å². The SMILES string of the molecule is COc1cc(OC)cc(C(=O)NC[C@@H]2CCCN(Cc3cnn(C)c3)C2)c1. The van der Waals surface area contributed by atoms with Crippen LogP contribution in [0.4, 0.5) is 0 Å². The zero-order chi connectivity index (χ0) is 19.2. The molecule has 146 valence electrons. The highest BCUT2D eigenvalue weighted by atomic mass is 16.5. The van der Waals surface area contributed by atoms with E-state index in [-0.39, 0.29) is 5.91 Å². The monoisotopic (exact) mass is 372 g/mol. The molecule has 27 heavy (non-hydrogen) atoms. The van der Waals surface area contributed by atoms with Crippen LogP contribution in [0, 0.1) is 5.92 Å². The average Bonchev–Trinajstić information content (AvgIpc) is 3.10. The average molecular weight is 372 g/mol. The number of aryl methyl sites for hydroxylation is 1. The summed E-state index contributed by atoms with van der Waals surface area (Å²) in [5.74, 6) is 1.57. The Bertz CT molecular complexity index is 752. The van der Waals surface area contributed by atoms with Crippen LogP contribution >= 0.6 is 0 Å². The Morgan fingerprint density at radius 1 is 1.26 bits per heavy atom. The minimum absolute atomic E-state index is 0.100. The predicted molar refractivity (Wildman–Crippen MR) is 103 cm³/mol. The summed E-state index contributed by atoms with van der Waals surface area (Å²) < 4.78 is 12.3. The lowest BCUT2D eigenvalue weighted by Crippen LogP contribution is -2.40. The summed E-state index contributed by atoms with van der Waals surface area (Å²) in [7, 11) is 5.09. The Labute approximate surface area is 160 Å². The van der Waals surface area contributed by atoms with Crippen LogP contribution in [-0.2, 0) is 13.6 Å². The summed E-state index contributed by atoms with van der Waals surface area (Å²) in [6.45, 7) is 3.65. The maximum atomic E-state index is 12.6. The molecule has 2 heterocycles. The molecular weight excluding hydrogens is 344 g/mol. The first-order valence-electron chi connectivity index (χ1n) is 9.28. The van der Waals surface area contributed by atoms with Crippen molar-refractivity contribution in [3.8, 4) is 11.5 Å². The molecule has 1 amide bonds. The minimum atomic E-state index is -0.100. The Balaban J connectivity index is 1.53.